The predicted molar refractivity (Wildman–Crippen MR) is 108 cm³/mol. The zero-order valence-corrected chi connectivity index (χ0v) is 17.5. The van der Waals surface area contributed by atoms with Crippen molar-refractivity contribution in [1.82, 2.24) is 9.97 Å². The fourth-order valence-corrected chi connectivity index (χ4v) is 4.15. The normalized spacial score (nSPS) is 18.6. The smallest absolute Gasteiger partial charge is 0.316 e. The van der Waals surface area contributed by atoms with Gasteiger partial charge in [0.25, 0.3) is 0 Å². The van der Waals surface area contributed by atoms with E-state index in [1.807, 2.05) is 38.1 Å². The second-order valence-corrected chi connectivity index (χ2v) is 8.47. The van der Waals surface area contributed by atoms with Crippen LogP contribution in [-0.2, 0) is 11.2 Å². The Kier molecular flexibility index (Phi) is 5.25. The van der Waals surface area contributed by atoms with Crippen LogP contribution in [0.25, 0.3) is 11.4 Å². The predicted octanol–water partition coefficient (Wildman–Crippen LogP) is 5.63. The fraction of sp³-hybridized carbons (Fsp3) is 0.273. The monoisotopic (exact) mass is 460 g/mol. The van der Waals surface area contributed by atoms with E-state index in [1.165, 1.54) is 0 Å². The van der Waals surface area contributed by atoms with Crippen LogP contribution in [0.2, 0.25) is 0 Å². The number of hydrogen-bond donors (Lipinski definition) is 1. The van der Waals surface area contributed by atoms with Gasteiger partial charge in [0, 0.05) is 10.4 Å². The first-order valence-electron chi connectivity index (χ1n) is 9.35. The maximum absolute atomic E-state index is 14.2. The van der Waals surface area contributed by atoms with Gasteiger partial charge in [-0.1, -0.05) is 41.9 Å². The second kappa shape index (κ2) is 7.71. The topological polar surface area (TPSA) is 55.0 Å². The number of carbonyl (C=O) groups excluding carboxylic acids is 1. The number of aromatic nitrogens is 2. The van der Waals surface area contributed by atoms with Gasteiger partial charge in [0.15, 0.2) is 0 Å². The van der Waals surface area contributed by atoms with E-state index in [0.29, 0.717) is 12.1 Å². The number of ether oxygens (including phenoxy) is 1. The molecule has 0 spiro atoms. The van der Waals surface area contributed by atoms with Gasteiger partial charge >= 0.3 is 5.97 Å². The molecule has 4 nitrogen and oxygen atoms in total. The molecule has 0 radical (unpaired) electrons. The quantitative estimate of drug-likeness (QED) is 0.512. The summed E-state index contributed by atoms with van der Waals surface area (Å²) in [4.78, 5) is 20.1. The minimum absolute atomic E-state index is 0.00224. The highest BCUT2D eigenvalue weighted by Gasteiger charge is 2.42. The van der Waals surface area contributed by atoms with Gasteiger partial charge in [-0.15, -0.1) is 0 Å². The molecule has 4 rings (SSSR count). The summed E-state index contributed by atoms with van der Waals surface area (Å²) in [6.45, 7) is 4.04. The maximum Gasteiger partial charge on any atom is 0.316 e. The molecule has 0 amide bonds. The lowest BCUT2D eigenvalue weighted by Crippen LogP contribution is -2.35. The molecule has 0 saturated heterocycles. The Bertz CT molecular complexity index is 1060. The maximum atomic E-state index is 14.2. The van der Waals surface area contributed by atoms with E-state index in [2.05, 4.69) is 25.9 Å². The van der Waals surface area contributed by atoms with Crippen LogP contribution in [0.1, 0.15) is 31.0 Å². The molecule has 7 heteroatoms. The number of hydrogen-bond acceptors (Lipinski definition) is 3. The number of nitrogens with one attached hydrogen (secondary N) is 1. The van der Waals surface area contributed by atoms with Gasteiger partial charge in [-0.05, 0) is 48.2 Å². The molecule has 2 atom stereocenters. The first-order chi connectivity index (χ1) is 13.8. The van der Waals surface area contributed by atoms with Crippen LogP contribution in [0, 0.1) is 23.5 Å². The number of rotatable bonds is 4. The van der Waals surface area contributed by atoms with Crippen LogP contribution in [0.4, 0.5) is 8.78 Å². The first-order valence-corrected chi connectivity index (χ1v) is 10.1. The van der Waals surface area contributed by atoms with E-state index in [4.69, 9.17) is 4.74 Å². The fourth-order valence-electron chi connectivity index (χ4n) is 3.88. The summed E-state index contributed by atoms with van der Waals surface area (Å²) in [7, 11) is 0. The minimum Gasteiger partial charge on any atom is -0.405 e. The van der Waals surface area contributed by atoms with Gasteiger partial charge in [-0.3, -0.25) is 4.79 Å². The summed E-state index contributed by atoms with van der Waals surface area (Å²) in [5, 5.41) is 0. The Morgan fingerprint density at radius 2 is 1.90 bits per heavy atom. The molecule has 1 aromatic heterocycles. The van der Waals surface area contributed by atoms with Crippen molar-refractivity contribution in [1.29, 1.82) is 0 Å². The summed E-state index contributed by atoms with van der Waals surface area (Å²) < 4.78 is 34.3. The number of halogens is 3. The summed E-state index contributed by atoms with van der Waals surface area (Å²) >= 11 is 3.41. The van der Waals surface area contributed by atoms with Crippen molar-refractivity contribution < 1.29 is 18.3 Å². The molecular weight excluding hydrogens is 442 g/mol. The lowest BCUT2D eigenvalue weighted by atomic mass is 9.77. The van der Waals surface area contributed by atoms with Gasteiger partial charge in [0.05, 0.1) is 17.2 Å². The minimum atomic E-state index is -0.601. The Hall–Kier alpha value is -2.54. The third-order valence-electron chi connectivity index (χ3n) is 5.23. The molecule has 1 N–H and O–H groups in total. The Labute approximate surface area is 175 Å². The number of aromatic amines is 1. The van der Waals surface area contributed by atoms with Crippen LogP contribution < -0.4 is 4.74 Å². The van der Waals surface area contributed by atoms with Crippen molar-refractivity contribution in [2.75, 3.05) is 0 Å². The molecule has 2 aromatic carbocycles. The highest BCUT2D eigenvalue weighted by molar-refractivity contribution is 9.10. The molecule has 2 unspecified atom stereocenters. The van der Waals surface area contributed by atoms with Crippen molar-refractivity contribution in [3.8, 4) is 17.3 Å². The molecule has 0 saturated carbocycles. The van der Waals surface area contributed by atoms with Crippen LogP contribution in [0.15, 0.2) is 46.9 Å². The number of nitrogens with zero attached hydrogens (tertiary/aromatic N) is 1. The average molecular weight is 461 g/mol. The Morgan fingerprint density at radius 3 is 2.59 bits per heavy atom. The van der Waals surface area contributed by atoms with Gasteiger partial charge in [-0.2, -0.15) is 4.98 Å². The molecule has 1 aliphatic heterocycles. The number of benzene rings is 2. The lowest BCUT2D eigenvalue weighted by Gasteiger charge is -2.31. The second-order valence-electron chi connectivity index (χ2n) is 7.56. The highest BCUT2D eigenvalue weighted by Crippen LogP contribution is 2.43. The molecule has 0 aliphatic carbocycles. The van der Waals surface area contributed by atoms with Crippen LogP contribution in [0.5, 0.6) is 5.88 Å². The third kappa shape index (κ3) is 3.83. The van der Waals surface area contributed by atoms with Gasteiger partial charge < -0.3 is 9.72 Å². The van der Waals surface area contributed by atoms with Crippen molar-refractivity contribution >= 4 is 21.9 Å². The number of H-pyrrole nitrogens is 1. The Morgan fingerprint density at radius 1 is 1.17 bits per heavy atom. The molecule has 0 bridgehead atoms. The van der Waals surface area contributed by atoms with Gasteiger partial charge in [0.2, 0.25) is 5.88 Å². The standard InChI is InChI=1S/C22H19BrF2N2O2/c1-11(2)18-16(9-12-3-5-13(23)6-4-12)22(28)29-21-19(18)26-20(27-21)15-10-14(24)7-8-17(15)25/h3-8,10-11,16,18H,9H2,1-2H3,(H,26,27). The summed E-state index contributed by atoms with van der Waals surface area (Å²) in [6.07, 6.45) is 0.511. The van der Waals surface area contributed by atoms with Gasteiger partial charge in [-0.25, -0.2) is 8.78 Å². The molecular formula is C22H19BrF2N2O2. The summed E-state index contributed by atoms with van der Waals surface area (Å²) in [6, 6.07) is 11.0. The van der Waals surface area contributed by atoms with Crippen molar-refractivity contribution in [2.45, 2.75) is 26.2 Å². The van der Waals surface area contributed by atoms with E-state index in [1.54, 1.807) is 0 Å². The van der Waals surface area contributed by atoms with Crippen LogP contribution in [-0.4, -0.2) is 15.9 Å². The summed E-state index contributed by atoms with van der Waals surface area (Å²) in [5.41, 5.74) is 1.66. The molecule has 0 fully saturated rings. The first kappa shape index (κ1) is 19.8. The van der Waals surface area contributed by atoms with Crippen molar-refractivity contribution in [2.24, 2.45) is 11.8 Å². The molecule has 2 heterocycles. The van der Waals surface area contributed by atoms with E-state index < -0.39 is 17.6 Å². The van der Waals surface area contributed by atoms with E-state index >= 15 is 0 Å². The highest BCUT2D eigenvalue weighted by atomic mass is 79.9. The van der Waals surface area contributed by atoms with E-state index in [0.717, 1.165) is 28.2 Å². The van der Waals surface area contributed by atoms with Gasteiger partial charge in [0.1, 0.15) is 17.5 Å². The van der Waals surface area contributed by atoms with Crippen LogP contribution in [0.3, 0.4) is 0 Å². The number of carbonyl (C=O) groups is 1. The lowest BCUT2D eigenvalue weighted by molar-refractivity contribution is -0.142. The zero-order chi connectivity index (χ0) is 20.7. The molecule has 150 valence electrons. The van der Waals surface area contributed by atoms with Crippen molar-refractivity contribution in [3.63, 3.8) is 0 Å². The third-order valence-corrected chi connectivity index (χ3v) is 5.76. The molecule has 3 aromatic rings. The Balaban J connectivity index is 1.73. The van der Waals surface area contributed by atoms with Crippen LogP contribution >= 0.6 is 15.9 Å². The average Bonchev–Trinajstić information content (AvgIpc) is 3.08. The molecule has 29 heavy (non-hydrogen) atoms. The van der Waals surface area contributed by atoms with E-state index in [-0.39, 0.29) is 35.1 Å². The number of fused-ring (bicyclic) bond motifs is 1. The largest absolute Gasteiger partial charge is 0.405 e. The number of imidazole rings is 1. The number of esters is 1. The van der Waals surface area contributed by atoms with Crippen molar-refractivity contribution in [3.05, 3.63) is 69.8 Å². The zero-order valence-electron chi connectivity index (χ0n) is 15.9. The van der Waals surface area contributed by atoms with E-state index in [9.17, 15) is 13.6 Å². The summed E-state index contributed by atoms with van der Waals surface area (Å²) in [5.74, 6) is -1.74. The molecule has 1 aliphatic rings. The SMILES string of the molecule is CC(C)C1c2[nH]c(-c3cc(F)ccc3F)nc2OC(=O)C1Cc1ccc(Br)cc1.